The number of carbonyl (C=O) groups is 1. The third kappa shape index (κ3) is 1.83. The molecule has 76 valence electrons. The number of halogens is 2. The fourth-order valence-corrected chi connectivity index (χ4v) is 1.78. The highest BCUT2D eigenvalue weighted by atomic mass is 79.9. The maximum absolute atomic E-state index is 13.5. The van der Waals surface area contributed by atoms with Gasteiger partial charge in [-0.1, -0.05) is 6.07 Å². The standard InChI is InChI=1S/C10H6BrFN2O/c11-7-2-1-3-8(12)9(7)10-13-4-6(5-15)14-10/h1-5H,(H,13,14). The topological polar surface area (TPSA) is 45.8 Å². The Bertz CT molecular complexity index is 490. The van der Waals surface area contributed by atoms with Crippen molar-refractivity contribution < 1.29 is 9.18 Å². The van der Waals surface area contributed by atoms with Crippen LogP contribution in [0.4, 0.5) is 4.39 Å². The monoisotopic (exact) mass is 268 g/mol. The second-order valence-electron chi connectivity index (χ2n) is 2.90. The minimum atomic E-state index is -0.392. The highest BCUT2D eigenvalue weighted by Gasteiger charge is 2.12. The normalized spacial score (nSPS) is 10.3. The maximum Gasteiger partial charge on any atom is 0.167 e. The van der Waals surface area contributed by atoms with Gasteiger partial charge in [0, 0.05) is 4.47 Å². The third-order valence-electron chi connectivity index (χ3n) is 1.92. The zero-order chi connectivity index (χ0) is 10.8. The molecule has 5 heteroatoms. The van der Waals surface area contributed by atoms with Crippen LogP contribution in [0, 0.1) is 5.82 Å². The molecular formula is C10H6BrFN2O. The SMILES string of the molecule is O=Cc1cnc(-c2c(F)cccc2Br)[nH]1. The summed E-state index contributed by atoms with van der Waals surface area (Å²) in [7, 11) is 0. The van der Waals surface area contributed by atoms with E-state index in [1.807, 2.05) is 0 Å². The summed E-state index contributed by atoms with van der Waals surface area (Å²) < 4.78 is 14.1. The van der Waals surface area contributed by atoms with E-state index in [-0.39, 0.29) is 0 Å². The van der Waals surface area contributed by atoms with Gasteiger partial charge in [-0.15, -0.1) is 0 Å². The molecule has 0 saturated carbocycles. The molecule has 1 heterocycles. The molecule has 2 rings (SSSR count). The predicted octanol–water partition coefficient (Wildman–Crippen LogP) is 2.79. The second-order valence-corrected chi connectivity index (χ2v) is 3.76. The van der Waals surface area contributed by atoms with Gasteiger partial charge in [0.05, 0.1) is 17.5 Å². The number of aromatic amines is 1. The van der Waals surface area contributed by atoms with E-state index in [0.29, 0.717) is 27.8 Å². The maximum atomic E-state index is 13.5. The van der Waals surface area contributed by atoms with Gasteiger partial charge in [0.1, 0.15) is 11.6 Å². The van der Waals surface area contributed by atoms with Gasteiger partial charge in [0.2, 0.25) is 0 Å². The van der Waals surface area contributed by atoms with Gasteiger partial charge in [0.25, 0.3) is 0 Å². The van der Waals surface area contributed by atoms with Gasteiger partial charge in [-0.3, -0.25) is 4.79 Å². The van der Waals surface area contributed by atoms with Crippen LogP contribution < -0.4 is 0 Å². The van der Waals surface area contributed by atoms with Crippen molar-refractivity contribution in [2.75, 3.05) is 0 Å². The Morgan fingerprint density at radius 1 is 1.47 bits per heavy atom. The number of carbonyl (C=O) groups excluding carboxylic acids is 1. The number of nitrogens with one attached hydrogen (secondary N) is 1. The van der Waals surface area contributed by atoms with E-state index in [1.165, 1.54) is 12.3 Å². The first-order valence-corrected chi connectivity index (χ1v) is 4.96. The van der Waals surface area contributed by atoms with Crippen LogP contribution in [-0.2, 0) is 0 Å². The van der Waals surface area contributed by atoms with E-state index in [4.69, 9.17) is 0 Å². The molecule has 0 amide bonds. The van der Waals surface area contributed by atoms with Crippen molar-refractivity contribution in [3.8, 4) is 11.4 Å². The molecule has 0 bridgehead atoms. The lowest BCUT2D eigenvalue weighted by molar-refractivity contribution is 0.111. The number of rotatable bonds is 2. The molecule has 0 spiro atoms. The molecule has 0 aliphatic rings. The van der Waals surface area contributed by atoms with Crippen molar-refractivity contribution in [3.05, 3.63) is 40.4 Å². The van der Waals surface area contributed by atoms with E-state index in [2.05, 4.69) is 25.9 Å². The summed E-state index contributed by atoms with van der Waals surface area (Å²) in [5.74, 6) is -0.0572. The lowest BCUT2D eigenvalue weighted by Gasteiger charge is -2.01. The number of benzene rings is 1. The number of imidazole rings is 1. The first kappa shape index (κ1) is 10.0. The fraction of sp³-hybridized carbons (Fsp3) is 0. The zero-order valence-corrected chi connectivity index (χ0v) is 9.08. The van der Waals surface area contributed by atoms with Crippen molar-refractivity contribution in [2.24, 2.45) is 0 Å². The summed E-state index contributed by atoms with van der Waals surface area (Å²) in [4.78, 5) is 17.1. The molecule has 1 N–H and O–H groups in total. The zero-order valence-electron chi connectivity index (χ0n) is 7.50. The summed E-state index contributed by atoms with van der Waals surface area (Å²) in [6, 6.07) is 4.64. The Morgan fingerprint density at radius 2 is 2.27 bits per heavy atom. The summed E-state index contributed by atoms with van der Waals surface area (Å²) in [5, 5.41) is 0. The molecule has 0 fully saturated rings. The highest BCUT2D eigenvalue weighted by molar-refractivity contribution is 9.10. The van der Waals surface area contributed by atoms with Gasteiger partial charge in [-0.2, -0.15) is 0 Å². The van der Waals surface area contributed by atoms with Crippen LogP contribution in [0.25, 0.3) is 11.4 Å². The van der Waals surface area contributed by atoms with E-state index < -0.39 is 5.82 Å². The summed E-state index contributed by atoms with van der Waals surface area (Å²) in [6.07, 6.45) is 1.99. The number of hydrogen-bond acceptors (Lipinski definition) is 2. The summed E-state index contributed by atoms with van der Waals surface area (Å²) in [6.45, 7) is 0. The largest absolute Gasteiger partial charge is 0.336 e. The van der Waals surface area contributed by atoms with Gasteiger partial charge < -0.3 is 4.98 Å². The first-order chi connectivity index (χ1) is 7.22. The Kier molecular flexibility index (Phi) is 2.64. The van der Waals surface area contributed by atoms with Crippen LogP contribution in [0.2, 0.25) is 0 Å². The average molecular weight is 269 g/mol. The number of H-pyrrole nitrogens is 1. The van der Waals surface area contributed by atoms with Crippen LogP contribution in [0.1, 0.15) is 10.5 Å². The minimum absolute atomic E-state index is 0.320. The molecule has 0 aliphatic heterocycles. The quantitative estimate of drug-likeness (QED) is 0.852. The molecule has 0 unspecified atom stereocenters. The average Bonchev–Trinajstić information content (AvgIpc) is 2.66. The molecule has 3 nitrogen and oxygen atoms in total. The molecule has 0 aliphatic carbocycles. The molecule has 0 atom stereocenters. The Balaban J connectivity index is 2.58. The summed E-state index contributed by atoms with van der Waals surface area (Å²) in [5.41, 5.74) is 0.644. The first-order valence-electron chi connectivity index (χ1n) is 4.17. The van der Waals surface area contributed by atoms with Crippen molar-refractivity contribution in [1.82, 2.24) is 9.97 Å². The van der Waals surface area contributed by atoms with Crippen LogP contribution in [0.15, 0.2) is 28.9 Å². The van der Waals surface area contributed by atoms with Crippen molar-refractivity contribution in [3.63, 3.8) is 0 Å². The molecule has 1 aromatic heterocycles. The molecule has 2 aromatic rings. The fourth-order valence-electron chi connectivity index (χ4n) is 1.25. The van der Waals surface area contributed by atoms with Crippen molar-refractivity contribution >= 4 is 22.2 Å². The lowest BCUT2D eigenvalue weighted by Crippen LogP contribution is -1.88. The van der Waals surface area contributed by atoms with E-state index >= 15 is 0 Å². The third-order valence-corrected chi connectivity index (χ3v) is 2.58. The highest BCUT2D eigenvalue weighted by Crippen LogP contribution is 2.28. The van der Waals surface area contributed by atoms with Gasteiger partial charge in [0.15, 0.2) is 6.29 Å². The minimum Gasteiger partial charge on any atom is -0.336 e. The Hall–Kier alpha value is -1.49. The molecule has 15 heavy (non-hydrogen) atoms. The number of hydrogen-bond donors (Lipinski definition) is 1. The second kappa shape index (κ2) is 3.94. The van der Waals surface area contributed by atoms with Crippen LogP contribution in [0.5, 0.6) is 0 Å². The summed E-state index contributed by atoms with van der Waals surface area (Å²) >= 11 is 3.23. The number of aromatic nitrogens is 2. The predicted molar refractivity (Wildman–Crippen MR) is 57.1 cm³/mol. The van der Waals surface area contributed by atoms with Crippen LogP contribution in [-0.4, -0.2) is 16.3 Å². The van der Waals surface area contributed by atoms with E-state index in [1.54, 1.807) is 12.1 Å². The number of nitrogens with zero attached hydrogens (tertiary/aromatic N) is 1. The smallest absolute Gasteiger partial charge is 0.167 e. The Labute approximate surface area is 93.5 Å². The van der Waals surface area contributed by atoms with E-state index in [9.17, 15) is 9.18 Å². The van der Waals surface area contributed by atoms with Crippen LogP contribution in [0.3, 0.4) is 0 Å². The van der Waals surface area contributed by atoms with Crippen molar-refractivity contribution in [2.45, 2.75) is 0 Å². The van der Waals surface area contributed by atoms with E-state index in [0.717, 1.165) is 0 Å². The molecule has 0 radical (unpaired) electrons. The van der Waals surface area contributed by atoms with Crippen LogP contribution >= 0.6 is 15.9 Å². The van der Waals surface area contributed by atoms with Gasteiger partial charge in [-0.05, 0) is 28.1 Å². The van der Waals surface area contributed by atoms with Gasteiger partial charge >= 0.3 is 0 Å². The Morgan fingerprint density at radius 3 is 2.87 bits per heavy atom. The molecular weight excluding hydrogens is 263 g/mol. The van der Waals surface area contributed by atoms with Gasteiger partial charge in [-0.25, -0.2) is 9.37 Å². The molecule has 1 aromatic carbocycles. The number of aldehydes is 1. The lowest BCUT2D eigenvalue weighted by atomic mass is 10.2. The van der Waals surface area contributed by atoms with Crippen molar-refractivity contribution in [1.29, 1.82) is 0 Å². The molecule has 0 saturated heterocycles.